The molecule has 6 heteroatoms. The van der Waals surface area contributed by atoms with Crippen LogP contribution in [0, 0.1) is 17.0 Å². The van der Waals surface area contributed by atoms with Gasteiger partial charge in [-0.2, -0.15) is 0 Å². The van der Waals surface area contributed by atoms with E-state index in [2.05, 4.69) is 0 Å². The number of methoxy groups -OCH3 is 1. The van der Waals surface area contributed by atoms with Crippen LogP contribution in [-0.4, -0.2) is 23.1 Å². The Bertz CT molecular complexity index is 724. The first-order valence-corrected chi connectivity index (χ1v) is 7.03. The van der Waals surface area contributed by atoms with Crippen molar-refractivity contribution in [2.75, 3.05) is 7.11 Å². The molecule has 2 aromatic rings. The van der Waals surface area contributed by atoms with E-state index in [9.17, 15) is 20.0 Å². The van der Waals surface area contributed by atoms with Gasteiger partial charge in [-0.25, -0.2) is 0 Å². The lowest BCUT2D eigenvalue weighted by Crippen LogP contribution is -2.15. The smallest absolute Gasteiger partial charge is 0.311 e. The number of rotatable bonds is 6. The van der Waals surface area contributed by atoms with Crippen LogP contribution in [0.2, 0.25) is 0 Å². The SMILES string of the molecule is COc1ccc(C)cc1C(Cc1ccc([N+](=O)[O-])cc1)C(=O)O. The number of carboxylic acids is 1. The molecule has 0 amide bonds. The van der Waals surface area contributed by atoms with Crippen molar-refractivity contribution >= 4 is 11.7 Å². The Hall–Kier alpha value is -2.89. The first kappa shape index (κ1) is 16.5. The van der Waals surface area contributed by atoms with Crippen molar-refractivity contribution in [3.05, 3.63) is 69.3 Å². The average molecular weight is 315 g/mol. The minimum Gasteiger partial charge on any atom is -0.496 e. The van der Waals surface area contributed by atoms with E-state index in [1.165, 1.54) is 19.2 Å². The first-order valence-electron chi connectivity index (χ1n) is 7.03. The van der Waals surface area contributed by atoms with Gasteiger partial charge in [-0.05, 0) is 25.0 Å². The molecule has 0 aliphatic carbocycles. The van der Waals surface area contributed by atoms with E-state index in [4.69, 9.17) is 4.74 Å². The van der Waals surface area contributed by atoms with Crippen molar-refractivity contribution in [1.82, 2.24) is 0 Å². The molecule has 0 radical (unpaired) electrons. The van der Waals surface area contributed by atoms with E-state index in [1.54, 1.807) is 24.3 Å². The van der Waals surface area contributed by atoms with Gasteiger partial charge in [0, 0.05) is 17.7 Å². The molecule has 0 saturated heterocycles. The maximum absolute atomic E-state index is 11.7. The monoisotopic (exact) mass is 315 g/mol. The van der Waals surface area contributed by atoms with E-state index < -0.39 is 16.8 Å². The van der Waals surface area contributed by atoms with E-state index in [0.29, 0.717) is 16.9 Å². The summed E-state index contributed by atoms with van der Waals surface area (Å²) in [5.74, 6) is -1.23. The zero-order chi connectivity index (χ0) is 17.0. The lowest BCUT2D eigenvalue weighted by Gasteiger charge is -2.17. The van der Waals surface area contributed by atoms with Gasteiger partial charge in [-0.1, -0.05) is 29.8 Å². The Kier molecular flexibility index (Phi) is 4.95. The molecule has 1 N–H and O–H groups in total. The summed E-state index contributed by atoms with van der Waals surface area (Å²) in [4.78, 5) is 21.9. The van der Waals surface area contributed by atoms with Crippen molar-refractivity contribution < 1.29 is 19.6 Å². The van der Waals surface area contributed by atoms with Crippen molar-refractivity contribution in [1.29, 1.82) is 0 Å². The summed E-state index contributed by atoms with van der Waals surface area (Å²) in [7, 11) is 1.50. The maximum atomic E-state index is 11.7. The van der Waals surface area contributed by atoms with Crippen LogP contribution in [-0.2, 0) is 11.2 Å². The van der Waals surface area contributed by atoms with E-state index >= 15 is 0 Å². The highest BCUT2D eigenvalue weighted by molar-refractivity contribution is 5.78. The third-order valence-corrected chi connectivity index (χ3v) is 3.65. The summed E-state index contributed by atoms with van der Waals surface area (Å²) >= 11 is 0. The minimum absolute atomic E-state index is 0.0197. The lowest BCUT2D eigenvalue weighted by molar-refractivity contribution is -0.384. The summed E-state index contributed by atoms with van der Waals surface area (Å²) in [6.45, 7) is 1.88. The van der Waals surface area contributed by atoms with Crippen LogP contribution in [0.3, 0.4) is 0 Å². The molecule has 23 heavy (non-hydrogen) atoms. The molecule has 0 bridgehead atoms. The predicted octanol–water partition coefficient (Wildman–Crippen LogP) is 3.32. The number of carbonyl (C=O) groups is 1. The summed E-state index contributed by atoms with van der Waals surface area (Å²) in [6, 6.07) is 11.3. The fraction of sp³-hybridized carbons (Fsp3) is 0.235. The second kappa shape index (κ2) is 6.91. The van der Waals surface area contributed by atoms with Crippen LogP contribution >= 0.6 is 0 Å². The molecule has 1 atom stereocenters. The number of benzene rings is 2. The Balaban J connectivity index is 2.34. The number of nitrogens with zero attached hydrogens (tertiary/aromatic N) is 1. The van der Waals surface area contributed by atoms with Crippen molar-refractivity contribution in [3.8, 4) is 5.75 Å². The number of hydrogen-bond acceptors (Lipinski definition) is 4. The second-order valence-corrected chi connectivity index (χ2v) is 5.26. The largest absolute Gasteiger partial charge is 0.496 e. The molecule has 0 saturated carbocycles. The molecule has 0 aromatic heterocycles. The Morgan fingerprint density at radius 3 is 2.43 bits per heavy atom. The number of ether oxygens (including phenoxy) is 1. The highest BCUT2D eigenvalue weighted by atomic mass is 16.6. The molecule has 6 nitrogen and oxygen atoms in total. The number of non-ortho nitro benzene ring substituents is 1. The minimum atomic E-state index is -0.966. The summed E-state index contributed by atoms with van der Waals surface area (Å²) in [6.07, 6.45) is 0.229. The highest BCUT2D eigenvalue weighted by Crippen LogP contribution is 2.31. The van der Waals surface area contributed by atoms with Gasteiger partial charge in [0.1, 0.15) is 5.75 Å². The van der Waals surface area contributed by atoms with Gasteiger partial charge in [0.25, 0.3) is 5.69 Å². The zero-order valence-electron chi connectivity index (χ0n) is 12.9. The Labute approximate surface area is 133 Å². The van der Waals surface area contributed by atoms with Gasteiger partial charge in [0.05, 0.1) is 18.0 Å². The van der Waals surface area contributed by atoms with Crippen LogP contribution in [0.15, 0.2) is 42.5 Å². The third-order valence-electron chi connectivity index (χ3n) is 3.65. The van der Waals surface area contributed by atoms with Crippen LogP contribution in [0.4, 0.5) is 5.69 Å². The summed E-state index contributed by atoms with van der Waals surface area (Å²) in [5, 5.41) is 20.3. The van der Waals surface area contributed by atoms with Gasteiger partial charge in [0.2, 0.25) is 0 Å². The van der Waals surface area contributed by atoms with Crippen LogP contribution in [0.5, 0.6) is 5.75 Å². The van der Waals surface area contributed by atoms with Crippen LogP contribution in [0.25, 0.3) is 0 Å². The highest BCUT2D eigenvalue weighted by Gasteiger charge is 2.24. The van der Waals surface area contributed by atoms with Gasteiger partial charge in [-0.3, -0.25) is 14.9 Å². The number of nitro groups is 1. The van der Waals surface area contributed by atoms with E-state index in [1.807, 2.05) is 13.0 Å². The molecule has 0 heterocycles. The predicted molar refractivity (Wildman–Crippen MR) is 84.9 cm³/mol. The molecular formula is C17H17NO5. The average Bonchev–Trinajstić information content (AvgIpc) is 2.52. The summed E-state index contributed by atoms with van der Waals surface area (Å²) < 4.78 is 5.27. The maximum Gasteiger partial charge on any atom is 0.311 e. The first-order chi connectivity index (χ1) is 10.9. The van der Waals surface area contributed by atoms with Crippen molar-refractivity contribution in [2.24, 2.45) is 0 Å². The Morgan fingerprint density at radius 2 is 1.91 bits per heavy atom. The van der Waals surface area contributed by atoms with Crippen molar-refractivity contribution in [2.45, 2.75) is 19.3 Å². The van der Waals surface area contributed by atoms with Crippen LogP contribution < -0.4 is 4.74 Å². The molecule has 1 unspecified atom stereocenters. The quantitative estimate of drug-likeness (QED) is 0.652. The number of carboxylic acid groups (broad SMARTS) is 1. The molecule has 2 aromatic carbocycles. The van der Waals surface area contributed by atoms with E-state index in [-0.39, 0.29) is 12.1 Å². The topological polar surface area (TPSA) is 89.7 Å². The van der Waals surface area contributed by atoms with E-state index in [0.717, 1.165) is 5.56 Å². The number of aliphatic carboxylic acids is 1. The summed E-state index contributed by atoms with van der Waals surface area (Å²) in [5.41, 5.74) is 2.23. The molecule has 0 spiro atoms. The molecule has 0 aliphatic heterocycles. The van der Waals surface area contributed by atoms with Crippen LogP contribution in [0.1, 0.15) is 22.6 Å². The Morgan fingerprint density at radius 1 is 1.26 bits per heavy atom. The number of aryl methyl sites for hydroxylation is 1. The second-order valence-electron chi connectivity index (χ2n) is 5.26. The molecular weight excluding hydrogens is 298 g/mol. The third kappa shape index (κ3) is 3.85. The molecule has 120 valence electrons. The lowest BCUT2D eigenvalue weighted by atomic mass is 9.90. The standard InChI is InChI=1S/C17H17NO5/c1-11-3-8-16(23-2)14(9-11)15(17(19)20)10-12-4-6-13(7-5-12)18(21)22/h3-9,15H,10H2,1-2H3,(H,19,20). The van der Waals surface area contributed by atoms with Gasteiger partial charge in [0.15, 0.2) is 0 Å². The van der Waals surface area contributed by atoms with Gasteiger partial charge in [-0.15, -0.1) is 0 Å². The van der Waals surface area contributed by atoms with Crippen molar-refractivity contribution in [3.63, 3.8) is 0 Å². The normalized spacial score (nSPS) is 11.7. The fourth-order valence-electron chi connectivity index (χ4n) is 2.45. The molecule has 0 fully saturated rings. The van der Waals surface area contributed by atoms with Gasteiger partial charge < -0.3 is 9.84 Å². The molecule has 2 rings (SSSR count). The number of hydrogen-bond donors (Lipinski definition) is 1. The molecule has 0 aliphatic rings. The van der Waals surface area contributed by atoms with Gasteiger partial charge >= 0.3 is 5.97 Å². The zero-order valence-corrected chi connectivity index (χ0v) is 12.9. The number of nitro benzene ring substituents is 1. The fourth-order valence-corrected chi connectivity index (χ4v) is 2.45.